The zero-order valence-electron chi connectivity index (χ0n) is 12.9. The van der Waals surface area contributed by atoms with Crippen LogP contribution in [-0.4, -0.2) is 54.2 Å². The largest absolute Gasteiger partial charge is 0.481 e. The number of carboxylic acid groups (broad SMARTS) is 1. The average Bonchev–Trinajstić information content (AvgIpc) is 2.34. The number of ether oxygens (including phenoxy) is 1. The lowest BCUT2D eigenvalue weighted by molar-refractivity contribution is -0.150. The molecule has 0 aromatic heterocycles. The Labute approximate surface area is 119 Å². The van der Waals surface area contributed by atoms with E-state index in [0.717, 1.165) is 0 Å². The molecule has 0 saturated heterocycles. The summed E-state index contributed by atoms with van der Waals surface area (Å²) in [5, 5.41) is 11.9. The summed E-state index contributed by atoms with van der Waals surface area (Å²) in [7, 11) is 2.81. The summed E-state index contributed by atoms with van der Waals surface area (Å²) in [5.74, 6) is -1.41. The lowest BCUT2D eigenvalue weighted by Crippen LogP contribution is -2.59. The second-order valence-electron chi connectivity index (χ2n) is 5.73. The van der Waals surface area contributed by atoms with E-state index in [2.05, 4.69) is 10.1 Å². The number of nitrogens with zero attached hydrogens (tertiary/aromatic N) is 1. The highest BCUT2D eigenvalue weighted by molar-refractivity contribution is 5.80. The van der Waals surface area contributed by atoms with Gasteiger partial charge in [-0.15, -0.1) is 0 Å². The molecule has 0 atom stereocenters. The fraction of sp³-hybridized carbons (Fsp3) is 0.769. The minimum absolute atomic E-state index is 0.0865. The maximum Gasteiger partial charge on any atom is 0.317 e. The molecular formula is C13H24N2O5. The minimum Gasteiger partial charge on any atom is -0.481 e. The van der Waals surface area contributed by atoms with Crippen molar-refractivity contribution in [3.8, 4) is 0 Å². The van der Waals surface area contributed by atoms with E-state index < -0.39 is 28.9 Å². The van der Waals surface area contributed by atoms with Gasteiger partial charge in [0, 0.05) is 13.6 Å². The van der Waals surface area contributed by atoms with Crippen molar-refractivity contribution in [2.75, 3.05) is 20.7 Å². The Hall–Kier alpha value is -1.79. The van der Waals surface area contributed by atoms with E-state index in [9.17, 15) is 19.5 Å². The van der Waals surface area contributed by atoms with Crippen LogP contribution in [0.3, 0.4) is 0 Å². The molecule has 20 heavy (non-hydrogen) atoms. The molecule has 0 fully saturated rings. The van der Waals surface area contributed by atoms with Gasteiger partial charge in [-0.05, 0) is 27.7 Å². The molecule has 0 unspecified atom stereocenters. The van der Waals surface area contributed by atoms with Crippen LogP contribution in [0.2, 0.25) is 0 Å². The van der Waals surface area contributed by atoms with Gasteiger partial charge < -0.3 is 20.1 Å². The zero-order valence-corrected chi connectivity index (χ0v) is 12.9. The number of hydrogen-bond acceptors (Lipinski definition) is 4. The van der Waals surface area contributed by atoms with E-state index in [0.29, 0.717) is 0 Å². The summed E-state index contributed by atoms with van der Waals surface area (Å²) in [6, 6.07) is -0.437. The smallest absolute Gasteiger partial charge is 0.317 e. The van der Waals surface area contributed by atoms with E-state index >= 15 is 0 Å². The highest BCUT2D eigenvalue weighted by atomic mass is 16.5. The molecule has 0 aromatic rings. The van der Waals surface area contributed by atoms with E-state index in [1.54, 1.807) is 27.7 Å². The Kier molecular flexibility index (Phi) is 5.99. The van der Waals surface area contributed by atoms with Crippen LogP contribution in [0, 0.1) is 5.41 Å². The fourth-order valence-corrected chi connectivity index (χ4v) is 1.25. The van der Waals surface area contributed by atoms with Crippen molar-refractivity contribution in [1.82, 2.24) is 10.2 Å². The third-order valence-corrected chi connectivity index (χ3v) is 3.74. The van der Waals surface area contributed by atoms with Crippen molar-refractivity contribution >= 4 is 18.0 Å². The van der Waals surface area contributed by atoms with E-state index in [4.69, 9.17) is 0 Å². The van der Waals surface area contributed by atoms with Crippen LogP contribution >= 0.6 is 0 Å². The SMILES string of the molecule is COC(=O)CCN(C)C(=O)NC(C)(C)C(C)(C)C(=O)O. The number of nitrogens with one attached hydrogen (secondary N) is 1. The first-order valence-electron chi connectivity index (χ1n) is 6.29. The van der Waals surface area contributed by atoms with Crippen molar-refractivity contribution in [2.45, 2.75) is 39.7 Å². The highest BCUT2D eigenvalue weighted by Gasteiger charge is 2.44. The lowest BCUT2D eigenvalue weighted by atomic mass is 9.74. The summed E-state index contributed by atoms with van der Waals surface area (Å²) in [6.45, 7) is 6.58. The van der Waals surface area contributed by atoms with Crippen LogP contribution in [0.1, 0.15) is 34.1 Å². The molecule has 7 nitrogen and oxygen atoms in total. The molecule has 0 saturated carbocycles. The standard InChI is InChI=1S/C13H24N2O5/c1-12(2,10(17)18)13(3,4)14-11(19)15(5)8-7-9(16)20-6/h7-8H2,1-6H3,(H,14,19)(H,17,18). The number of carbonyl (C=O) groups excluding carboxylic acids is 2. The molecule has 0 aliphatic rings. The number of carboxylic acids is 1. The molecule has 0 heterocycles. The average molecular weight is 288 g/mol. The Morgan fingerprint density at radius 2 is 1.70 bits per heavy atom. The first-order valence-corrected chi connectivity index (χ1v) is 6.29. The predicted molar refractivity (Wildman–Crippen MR) is 73.3 cm³/mol. The molecular weight excluding hydrogens is 264 g/mol. The van der Waals surface area contributed by atoms with Crippen molar-refractivity contribution in [2.24, 2.45) is 5.41 Å². The van der Waals surface area contributed by atoms with Crippen molar-refractivity contribution in [1.29, 1.82) is 0 Å². The zero-order chi connectivity index (χ0) is 16.1. The predicted octanol–water partition coefficient (Wildman–Crippen LogP) is 1.08. The molecule has 0 aliphatic heterocycles. The second-order valence-corrected chi connectivity index (χ2v) is 5.73. The fourth-order valence-electron chi connectivity index (χ4n) is 1.25. The number of hydrogen-bond donors (Lipinski definition) is 2. The topological polar surface area (TPSA) is 95.9 Å². The number of aliphatic carboxylic acids is 1. The van der Waals surface area contributed by atoms with Crippen LogP contribution in [0.15, 0.2) is 0 Å². The Morgan fingerprint density at radius 1 is 1.20 bits per heavy atom. The number of rotatable bonds is 6. The second kappa shape index (κ2) is 6.58. The normalized spacial score (nSPS) is 11.7. The Balaban J connectivity index is 4.66. The molecule has 116 valence electrons. The molecule has 7 heteroatoms. The Bertz CT molecular complexity index is 390. The first-order chi connectivity index (χ1) is 8.95. The number of amides is 2. The van der Waals surface area contributed by atoms with Gasteiger partial charge in [-0.1, -0.05) is 0 Å². The summed E-state index contributed by atoms with van der Waals surface area (Å²) < 4.78 is 4.49. The van der Waals surface area contributed by atoms with Crippen molar-refractivity contribution < 1.29 is 24.2 Å². The maximum absolute atomic E-state index is 12.0. The molecule has 0 rings (SSSR count). The summed E-state index contributed by atoms with van der Waals surface area (Å²) >= 11 is 0. The Morgan fingerprint density at radius 3 is 2.10 bits per heavy atom. The quantitative estimate of drug-likeness (QED) is 0.713. The van der Waals surface area contributed by atoms with Gasteiger partial charge in [0.15, 0.2) is 0 Å². The number of urea groups is 1. The van der Waals surface area contributed by atoms with Gasteiger partial charge in [-0.25, -0.2) is 4.79 Å². The lowest BCUT2D eigenvalue weighted by Gasteiger charge is -2.39. The minimum atomic E-state index is -1.13. The van der Waals surface area contributed by atoms with Gasteiger partial charge in [0.2, 0.25) is 0 Å². The van der Waals surface area contributed by atoms with Crippen LogP contribution in [0.5, 0.6) is 0 Å². The molecule has 0 aromatic carbocycles. The van der Waals surface area contributed by atoms with Gasteiger partial charge in [-0.2, -0.15) is 0 Å². The molecule has 0 bridgehead atoms. The number of esters is 1. The summed E-state index contributed by atoms with van der Waals surface area (Å²) in [4.78, 5) is 35.6. The van der Waals surface area contributed by atoms with Crippen molar-refractivity contribution in [3.05, 3.63) is 0 Å². The van der Waals surface area contributed by atoms with Gasteiger partial charge in [-0.3, -0.25) is 9.59 Å². The van der Waals surface area contributed by atoms with Crippen LogP contribution in [0.25, 0.3) is 0 Å². The molecule has 0 radical (unpaired) electrons. The summed E-state index contributed by atoms with van der Waals surface area (Å²) in [5.41, 5.74) is -2.08. The summed E-state index contributed by atoms with van der Waals surface area (Å²) in [6.07, 6.45) is 0.0865. The third-order valence-electron chi connectivity index (χ3n) is 3.74. The van der Waals surface area contributed by atoms with E-state index in [1.807, 2.05) is 0 Å². The van der Waals surface area contributed by atoms with Crippen LogP contribution in [-0.2, 0) is 14.3 Å². The molecule has 0 aliphatic carbocycles. The van der Waals surface area contributed by atoms with Crippen LogP contribution < -0.4 is 5.32 Å². The van der Waals surface area contributed by atoms with Gasteiger partial charge >= 0.3 is 18.0 Å². The van der Waals surface area contributed by atoms with Crippen molar-refractivity contribution in [3.63, 3.8) is 0 Å². The number of methoxy groups -OCH3 is 1. The van der Waals surface area contributed by atoms with Gasteiger partial charge in [0.25, 0.3) is 0 Å². The van der Waals surface area contributed by atoms with Gasteiger partial charge in [0.1, 0.15) is 0 Å². The highest BCUT2D eigenvalue weighted by Crippen LogP contribution is 2.30. The van der Waals surface area contributed by atoms with Gasteiger partial charge in [0.05, 0.1) is 24.5 Å². The number of carbonyl (C=O) groups is 3. The molecule has 2 amide bonds. The molecule has 0 spiro atoms. The maximum atomic E-state index is 12.0. The van der Waals surface area contributed by atoms with E-state index in [1.165, 1.54) is 19.1 Å². The first kappa shape index (κ1) is 18.2. The monoisotopic (exact) mass is 288 g/mol. The third kappa shape index (κ3) is 4.40. The van der Waals surface area contributed by atoms with Crippen LogP contribution in [0.4, 0.5) is 4.79 Å². The van der Waals surface area contributed by atoms with E-state index in [-0.39, 0.29) is 13.0 Å². The molecule has 2 N–H and O–H groups in total.